The molecule has 0 saturated heterocycles. The lowest BCUT2D eigenvalue weighted by molar-refractivity contribution is 0.0335. The number of halogens is 1. The molecule has 0 aliphatic heterocycles. The summed E-state index contributed by atoms with van der Waals surface area (Å²) in [7, 11) is 0. The van der Waals surface area contributed by atoms with E-state index in [1.807, 2.05) is 0 Å². The molecular weight excluding hydrogens is 235 g/mol. The van der Waals surface area contributed by atoms with Gasteiger partial charge in [-0.3, -0.25) is 4.79 Å². The van der Waals surface area contributed by atoms with Gasteiger partial charge in [0, 0.05) is 5.75 Å². The average Bonchev–Trinajstić information content (AvgIpc) is 2.30. The van der Waals surface area contributed by atoms with Crippen LogP contribution in [0.4, 0.5) is 4.39 Å². The third-order valence-corrected chi connectivity index (χ3v) is 2.51. The zero-order chi connectivity index (χ0) is 12.3. The summed E-state index contributed by atoms with van der Waals surface area (Å²) >= 11 is 3.78. The quantitative estimate of drug-likeness (QED) is 0.465. The zero-order valence-corrected chi connectivity index (χ0v) is 9.06. The number of aldehydes is 1. The van der Waals surface area contributed by atoms with E-state index in [2.05, 4.69) is 12.6 Å². The van der Waals surface area contributed by atoms with Crippen LogP contribution in [0.3, 0.4) is 0 Å². The van der Waals surface area contributed by atoms with Crippen LogP contribution in [0.5, 0.6) is 5.75 Å². The van der Waals surface area contributed by atoms with Gasteiger partial charge in [-0.1, -0.05) is 0 Å². The molecule has 3 N–H and O–H groups in total. The van der Waals surface area contributed by atoms with Crippen molar-refractivity contribution in [2.24, 2.45) is 0 Å². The van der Waals surface area contributed by atoms with Gasteiger partial charge in [-0.25, -0.2) is 4.39 Å². The number of benzene rings is 1. The third kappa shape index (κ3) is 2.52. The average molecular weight is 246 g/mol. The second-order valence-electron chi connectivity index (χ2n) is 3.25. The molecule has 0 saturated carbocycles. The number of hydrogen-bond acceptors (Lipinski definition) is 5. The maximum Gasteiger partial charge on any atom is 0.165 e. The van der Waals surface area contributed by atoms with Gasteiger partial charge in [0.2, 0.25) is 0 Å². The molecule has 88 valence electrons. The molecule has 0 aliphatic carbocycles. The summed E-state index contributed by atoms with van der Waals surface area (Å²) in [5.74, 6) is -1.81. The van der Waals surface area contributed by atoms with Crippen molar-refractivity contribution in [2.45, 2.75) is 12.2 Å². The lowest BCUT2D eigenvalue weighted by Gasteiger charge is -2.16. The number of phenolic OH excluding ortho intramolecular Hbond substituents is 1. The van der Waals surface area contributed by atoms with E-state index in [0.717, 1.165) is 12.1 Å². The molecule has 0 bridgehead atoms. The Morgan fingerprint density at radius 2 is 2.06 bits per heavy atom. The predicted octanol–water partition coefficient (Wildman–Crippen LogP) is 0.668. The molecule has 0 aromatic heterocycles. The van der Waals surface area contributed by atoms with Crippen molar-refractivity contribution >= 4 is 18.9 Å². The van der Waals surface area contributed by atoms with Crippen LogP contribution in [0, 0.1) is 5.82 Å². The normalized spacial score (nSPS) is 14.5. The van der Waals surface area contributed by atoms with Crippen LogP contribution < -0.4 is 0 Å². The van der Waals surface area contributed by atoms with Crippen molar-refractivity contribution in [3.8, 4) is 5.75 Å². The van der Waals surface area contributed by atoms with Crippen molar-refractivity contribution in [1.82, 2.24) is 0 Å². The smallest absolute Gasteiger partial charge is 0.165 e. The van der Waals surface area contributed by atoms with Gasteiger partial charge in [-0.05, 0) is 17.7 Å². The van der Waals surface area contributed by atoms with Crippen LogP contribution in [0.1, 0.15) is 22.0 Å². The molecule has 0 aliphatic rings. The fraction of sp³-hybridized carbons (Fsp3) is 0.300. The van der Waals surface area contributed by atoms with Crippen LogP contribution >= 0.6 is 12.6 Å². The van der Waals surface area contributed by atoms with Crippen LogP contribution in [0.15, 0.2) is 12.1 Å². The number of phenols is 1. The first-order chi connectivity index (χ1) is 7.51. The summed E-state index contributed by atoms with van der Waals surface area (Å²) in [4.78, 5) is 10.5. The van der Waals surface area contributed by atoms with Crippen molar-refractivity contribution in [3.63, 3.8) is 0 Å². The minimum absolute atomic E-state index is 0.0129. The minimum Gasteiger partial charge on any atom is -0.504 e. The SMILES string of the molecule is O=Cc1cc(C(O)C(O)CS)cc(F)c1O. The highest BCUT2D eigenvalue weighted by Gasteiger charge is 2.20. The monoisotopic (exact) mass is 246 g/mol. The van der Waals surface area contributed by atoms with Gasteiger partial charge in [0.25, 0.3) is 0 Å². The van der Waals surface area contributed by atoms with E-state index in [1.165, 1.54) is 0 Å². The molecule has 0 fully saturated rings. The van der Waals surface area contributed by atoms with E-state index in [9.17, 15) is 19.4 Å². The predicted molar refractivity (Wildman–Crippen MR) is 58.3 cm³/mol. The summed E-state index contributed by atoms with van der Waals surface area (Å²) in [6.07, 6.45) is -2.26. The Hall–Kier alpha value is -1.11. The number of carbonyl (C=O) groups is 1. The van der Waals surface area contributed by atoms with E-state index in [1.54, 1.807) is 0 Å². The Bertz CT molecular complexity index is 397. The lowest BCUT2D eigenvalue weighted by Crippen LogP contribution is -2.20. The highest BCUT2D eigenvalue weighted by Crippen LogP contribution is 2.26. The summed E-state index contributed by atoms with van der Waals surface area (Å²) < 4.78 is 13.1. The maximum atomic E-state index is 13.1. The van der Waals surface area contributed by atoms with Crippen LogP contribution in [0.2, 0.25) is 0 Å². The molecule has 2 unspecified atom stereocenters. The second kappa shape index (κ2) is 5.29. The highest BCUT2D eigenvalue weighted by atomic mass is 32.1. The molecule has 0 amide bonds. The Labute approximate surface area is 96.8 Å². The second-order valence-corrected chi connectivity index (χ2v) is 3.62. The molecule has 16 heavy (non-hydrogen) atoms. The summed E-state index contributed by atoms with van der Waals surface area (Å²) in [6.45, 7) is 0. The van der Waals surface area contributed by atoms with Gasteiger partial charge in [0.05, 0.1) is 11.7 Å². The molecule has 4 nitrogen and oxygen atoms in total. The Morgan fingerprint density at radius 1 is 1.44 bits per heavy atom. The number of carbonyl (C=O) groups excluding carboxylic acids is 1. The number of aromatic hydroxyl groups is 1. The standard InChI is InChI=1S/C10H11FO4S/c11-7-2-5(10(15)8(13)4-16)1-6(3-12)9(7)14/h1-3,8,10,13-16H,4H2. The van der Waals surface area contributed by atoms with Gasteiger partial charge >= 0.3 is 0 Å². The molecule has 0 spiro atoms. The minimum atomic E-state index is -1.36. The zero-order valence-electron chi connectivity index (χ0n) is 8.17. The molecule has 6 heteroatoms. The van der Waals surface area contributed by atoms with E-state index in [0.29, 0.717) is 0 Å². The first-order valence-corrected chi connectivity index (χ1v) is 5.09. The topological polar surface area (TPSA) is 77.8 Å². The lowest BCUT2D eigenvalue weighted by atomic mass is 10.0. The van der Waals surface area contributed by atoms with Crippen LogP contribution in [-0.2, 0) is 0 Å². The van der Waals surface area contributed by atoms with E-state index >= 15 is 0 Å². The first kappa shape index (κ1) is 13.0. The third-order valence-electron chi connectivity index (χ3n) is 2.14. The van der Waals surface area contributed by atoms with Gasteiger partial charge in [-0.15, -0.1) is 0 Å². The molecule has 0 heterocycles. The fourth-order valence-corrected chi connectivity index (χ4v) is 1.42. The molecule has 1 rings (SSSR count). The Kier molecular flexibility index (Phi) is 4.28. The van der Waals surface area contributed by atoms with Crippen molar-refractivity contribution < 1.29 is 24.5 Å². The number of aliphatic hydroxyl groups is 2. The largest absolute Gasteiger partial charge is 0.504 e. The number of hydrogen-bond donors (Lipinski definition) is 4. The fourth-order valence-electron chi connectivity index (χ4n) is 1.22. The van der Waals surface area contributed by atoms with E-state index in [-0.39, 0.29) is 23.2 Å². The van der Waals surface area contributed by atoms with Crippen molar-refractivity contribution in [3.05, 3.63) is 29.1 Å². The molecular formula is C10H11FO4S. The van der Waals surface area contributed by atoms with Crippen molar-refractivity contribution in [2.75, 3.05) is 5.75 Å². The molecule has 2 atom stereocenters. The molecule has 1 aromatic carbocycles. The van der Waals surface area contributed by atoms with Crippen LogP contribution in [0.25, 0.3) is 0 Å². The van der Waals surface area contributed by atoms with Crippen LogP contribution in [-0.4, -0.2) is 33.5 Å². The van der Waals surface area contributed by atoms with Gasteiger partial charge in [0.15, 0.2) is 17.9 Å². The van der Waals surface area contributed by atoms with E-state index in [4.69, 9.17) is 5.11 Å². The first-order valence-electron chi connectivity index (χ1n) is 4.45. The van der Waals surface area contributed by atoms with Gasteiger partial charge in [-0.2, -0.15) is 12.6 Å². The van der Waals surface area contributed by atoms with E-state index < -0.39 is 23.8 Å². The van der Waals surface area contributed by atoms with Gasteiger partial charge < -0.3 is 15.3 Å². The number of aliphatic hydroxyl groups excluding tert-OH is 2. The summed E-state index contributed by atoms with van der Waals surface area (Å²) in [5.41, 5.74) is -0.264. The highest BCUT2D eigenvalue weighted by molar-refractivity contribution is 7.80. The molecule has 1 aromatic rings. The van der Waals surface area contributed by atoms with Crippen molar-refractivity contribution in [1.29, 1.82) is 0 Å². The number of rotatable bonds is 4. The number of thiol groups is 1. The molecule has 0 radical (unpaired) electrons. The Balaban J connectivity index is 3.15. The maximum absolute atomic E-state index is 13.1. The summed E-state index contributed by atoms with van der Waals surface area (Å²) in [5, 5.41) is 28.0. The summed E-state index contributed by atoms with van der Waals surface area (Å²) in [6, 6.07) is 1.97. The van der Waals surface area contributed by atoms with Gasteiger partial charge in [0.1, 0.15) is 6.10 Å². The Morgan fingerprint density at radius 3 is 2.56 bits per heavy atom.